The molecule has 0 aliphatic carbocycles. The minimum atomic E-state index is -0.266. The molecule has 2 aromatic heterocycles. The number of nitrogens with one attached hydrogen (secondary N) is 2. The highest BCUT2D eigenvalue weighted by atomic mass is 35.5. The van der Waals surface area contributed by atoms with Crippen LogP contribution in [0, 0.1) is 13.8 Å². The maximum absolute atomic E-state index is 12.8. The van der Waals surface area contributed by atoms with Gasteiger partial charge in [-0.05, 0) is 51.8 Å². The van der Waals surface area contributed by atoms with E-state index in [1.807, 2.05) is 39.0 Å². The van der Waals surface area contributed by atoms with Crippen LogP contribution in [0.15, 0.2) is 30.5 Å². The molecule has 3 aromatic rings. The number of ether oxygens (including phenoxy) is 1. The molecule has 1 aliphatic heterocycles. The van der Waals surface area contributed by atoms with Crippen LogP contribution in [0.3, 0.4) is 0 Å². The van der Waals surface area contributed by atoms with Gasteiger partial charge < -0.3 is 20.3 Å². The maximum Gasteiger partial charge on any atom is 0.305 e. The molecule has 0 saturated carbocycles. The molecule has 1 aromatic carbocycles. The Balaban J connectivity index is 1.27. The number of nitrogens with zero attached hydrogens (tertiary/aromatic N) is 5. The quantitative estimate of drug-likeness (QED) is 0.212. The van der Waals surface area contributed by atoms with E-state index in [-0.39, 0.29) is 11.9 Å². The number of carbonyl (C=O) groups excluding carboxylic acids is 2. The summed E-state index contributed by atoms with van der Waals surface area (Å²) in [6.45, 7) is 10.7. The number of benzene rings is 1. The van der Waals surface area contributed by atoms with Gasteiger partial charge in [0.25, 0.3) is 5.91 Å². The Morgan fingerprint density at radius 1 is 1.10 bits per heavy atom. The summed E-state index contributed by atoms with van der Waals surface area (Å²) in [6, 6.07) is 7.41. The molecular formula is C28H36ClN7O3S. The number of hydrogen-bond acceptors (Lipinski definition) is 10. The fourth-order valence-corrected chi connectivity index (χ4v) is 5.49. The number of thiazole rings is 1. The Morgan fingerprint density at radius 2 is 1.90 bits per heavy atom. The second-order valence-corrected chi connectivity index (χ2v) is 11.1. The summed E-state index contributed by atoms with van der Waals surface area (Å²) in [5, 5.41) is 7.17. The van der Waals surface area contributed by atoms with Gasteiger partial charge in [-0.3, -0.25) is 14.5 Å². The topological polar surface area (TPSA) is 113 Å². The number of carbonyl (C=O) groups is 2. The average Bonchev–Trinajstić information content (AvgIpc) is 3.39. The first-order chi connectivity index (χ1) is 19.3. The number of aromatic nitrogens is 3. The van der Waals surface area contributed by atoms with Gasteiger partial charge in [0.1, 0.15) is 22.3 Å². The van der Waals surface area contributed by atoms with Crippen LogP contribution < -0.4 is 15.5 Å². The van der Waals surface area contributed by atoms with E-state index in [2.05, 4.69) is 35.4 Å². The maximum atomic E-state index is 12.8. The number of esters is 1. The molecule has 0 spiro atoms. The zero-order valence-corrected chi connectivity index (χ0v) is 24.8. The number of halogens is 1. The van der Waals surface area contributed by atoms with Crippen LogP contribution in [0.5, 0.6) is 0 Å². The summed E-state index contributed by atoms with van der Waals surface area (Å²) < 4.78 is 4.99. The zero-order chi connectivity index (χ0) is 28.5. The summed E-state index contributed by atoms with van der Waals surface area (Å²) in [6.07, 6.45) is 5.02. The SMILES string of the molecule is CCOC(=O)CCCCCN1CCN(c2cc(Nc3ncc(C(=O)Nc4c(C)cccc4Cl)s3)nc(C)n2)CC1. The molecule has 1 amide bonds. The molecule has 0 atom stereocenters. The van der Waals surface area contributed by atoms with Crippen molar-refractivity contribution in [1.82, 2.24) is 19.9 Å². The third-order valence-corrected chi connectivity index (χ3v) is 7.83. The van der Waals surface area contributed by atoms with E-state index in [9.17, 15) is 9.59 Å². The number of rotatable bonds is 12. The van der Waals surface area contributed by atoms with Crippen LogP contribution in [0.1, 0.15) is 53.7 Å². The monoisotopic (exact) mass is 585 g/mol. The average molecular weight is 586 g/mol. The predicted molar refractivity (Wildman–Crippen MR) is 160 cm³/mol. The van der Waals surface area contributed by atoms with Gasteiger partial charge in [-0.1, -0.05) is 41.5 Å². The second-order valence-electron chi connectivity index (χ2n) is 9.64. The molecule has 0 unspecified atom stereocenters. The van der Waals surface area contributed by atoms with Crippen molar-refractivity contribution in [3.05, 3.63) is 51.7 Å². The molecule has 40 heavy (non-hydrogen) atoms. The van der Waals surface area contributed by atoms with Crippen molar-refractivity contribution in [2.75, 3.05) is 54.9 Å². The number of aryl methyl sites for hydroxylation is 2. The largest absolute Gasteiger partial charge is 0.466 e. The summed E-state index contributed by atoms with van der Waals surface area (Å²) in [4.78, 5) is 43.0. The highest BCUT2D eigenvalue weighted by Crippen LogP contribution is 2.28. The normalized spacial score (nSPS) is 13.8. The second kappa shape index (κ2) is 14.4. The molecule has 1 aliphatic rings. The molecule has 4 rings (SSSR count). The van der Waals surface area contributed by atoms with Crippen molar-refractivity contribution < 1.29 is 14.3 Å². The number of hydrogen-bond donors (Lipinski definition) is 2. The molecule has 3 heterocycles. The van der Waals surface area contributed by atoms with E-state index < -0.39 is 0 Å². The van der Waals surface area contributed by atoms with Crippen molar-refractivity contribution in [2.24, 2.45) is 0 Å². The fourth-order valence-electron chi connectivity index (χ4n) is 4.51. The smallest absolute Gasteiger partial charge is 0.305 e. The molecule has 1 fully saturated rings. The van der Waals surface area contributed by atoms with E-state index in [0.29, 0.717) is 45.4 Å². The lowest BCUT2D eigenvalue weighted by Crippen LogP contribution is -2.47. The van der Waals surface area contributed by atoms with Gasteiger partial charge >= 0.3 is 5.97 Å². The first-order valence-corrected chi connectivity index (χ1v) is 14.8. The van der Waals surface area contributed by atoms with Crippen molar-refractivity contribution in [3.63, 3.8) is 0 Å². The first kappa shape index (κ1) is 29.7. The highest BCUT2D eigenvalue weighted by Gasteiger charge is 2.20. The summed E-state index contributed by atoms with van der Waals surface area (Å²) in [5.74, 6) is 1.79. The van der Waals surface area contributed by atoms with Crippen LogP contribution in [0.4, 0.5) is 22.5 Å². The Morgan fingerprint density at radius 3 is 2.65 bits per heavy atom. The van der Waals surface area contributed by atoms with Crippen molar-refractivity contribution in [2.45, 2.75) is 46.5 Å². The van der Waals surface area contributed by atoms with Gasteiger partial charge in [-0.25, -0.2) is 15.0 Å². The van der Waals surface area contributed by atoms with E-state index in [0.717, 1.165) is 63.4 Å². The predicted octanol–water partition coefficient (Wildman–Crippen LogP) is 5.44. The van der Waals surface area contributed by atoms with Crippen molar-refractivity contribution in [3.8, 4) is 0 Å². The van der Waals surface area contributed by atoms with Crippen LogP contribution in [-0.4, -0.2) is 71.1 Å². The summed E-state index contributed by atoms with van der Waals surface area (Å²) in [5.41, 5.74) is 1.49. The Kier molecular flexibility index (Phi) is 10.7. The van der Waals surface area contributed by atoms with Gasteiger partial charge in [-0.15, -0.1) is 0 Å². The minimum Gasteiger partial charge on any atom is -0.466 e. The van der Waals surface area contributed by atoms with Crippen molar-refractivity contribution >= 4 is 57.3 Å². The van der Waals surface area contributed by atoms with Crippen LogP contribution in [-0.2, 0) is 9.53 Å². The van der Waals surface area contributed by atoms with Gasteiger partial charge in [0, 0.05) is 38.7 Å². The van der Waals surface area contributed by atoms with E-state index in [1.54, 1.807) is 12.3 Å². The molecule has 0 radical (unpaired) electrons. The Hall–Kier alpha value is -3.28. The third-order valence-electron chi connectivity index (χ3n) is 6.61. The van der Waals surface area contributed by atoms with E-state index >= 15 is 0 Å². The van der Waals surface area contributed by atoms with E-state index in [1.165, 1.54) is 11.3 Å². The zero-order valence-electron chi connectivity index (χ0n) is 23.2. The summed E-state index contributed by atoms with van der Waals surface area (Å²) >= 11 is 7.50. The number of amides is 1. The molecule has 1 saturated heterocycles. The van der Waals surface area contributed by atoms with Crippen LogP contribution in [0.2, 0.25) is 5.02 Å². The van der Waals surface area contributed by atoms with Crippen LogP contribution >= 0.6 is 22.9 Å². The number of para-hydroxylation sites is 1. The number of anilines is 4. The van der Waals surface area contributed by atoms with Gasteiger partial charge in [-0.2, -0.15) is 0 Å². The molecule has 0 bridgehead atoms. The number of piperazine rings is 1. The summed E-state index contributed by atoms with van der Waals surface area (Å²) in [7, 11) is 0. The molecule has 2 N–H and O–H groups in total. The molecule has 10 nitrogen and oxygen atoms in total. The van der Waals surface area contributed by atoms with E-state index in [4.69, 9.17) is 16.3 Å². The number of unbranched alkanes of at least 4 members (excludes halogenated alkanes) is 2. The van der Waals surface area contributed by atoms with Gasteiger partial charge in [0.15, 0.2) is 5.13 Å². The Labute approximate surface area is 244 Å². The first-order valence-electron chi connectivity index (χ1n) is 13.6. The molecular weight excluding hydrogens is 550 g/mol. The lowest BCUT2D eigenvalue weighted by molar-refractivity contribution is -0.143. The lowest BCUT2D eigenvalue weighted by Gasteiger charge is -2.35. The standard InChI is InChI=1S/C28H36ClN7O3S/c1-4-39-25(37)11-6-5-7-12-35-13-15-36(16-14-35)24-17-23(31-20(3)32-24)33-28-30-18-22(40-28)27(38)34-26-19(2)9-8-10-21(26)29/h8-10,17-18H,4-7,11-16H2,1-3H3,(H,34,38)(H,30,31,32,33). The highest BCUT2D eigenvalue weighted by molar-refractivity contribution is 7.17. The van der Waals surface area contributed by atoms with Crippen LogP contribution in [0.25, 0.3) is 0 Å². The van der Waals surface area contributed by atoms with Gasteiger partial charge in [0.2, 0.25) is 0 Å². The molecule has 12 heteroatoms. The molecule has 214 valence electrons. The lowest BCUT2D eigenvalue weighted by atomic mass is 10.2. The van der Waals surface area contributed by atoms with Crippen molar-refractivity contribution in [1.29, 1.82) is 0 Å². The Bertz CT molecular complexity index is 1290. The van der Waals surface area contributed by atoms with Gasteiger partial charge in [0.05, 0.1) is 23.5 Å². The minimum absolute atomic E-state index is 0.102. The third kappa shape index (κ3) is 8.36. The fraction of sp³-hybridized carbons (Fsp3) is 0.464.